The lowest BCUT2D eigenvalue weighted by Crippen LogP contribution is -2.03. The largest absolute Gasteiger partial charge is 0.298 e. The van der Waals surface area contributed by atoms with Crippen LogP contribution in [-0.4, -0.2) is 15.5 Å². The molecule has 14 heavy (non-hydrogen) atoms. The fraction of sp³-hybridized carbons (Fsp3) is 0.250. The Labute approximate surface area is 92.7 Å². The fourth-order valence-corrected chi connectivity index (χ4v) is 2.38. The summed E-state index contributed by atoms with van der Waals surface area (Å²) in [6.45, 7) is 1.73. The molecule has 6 heteroatoms. The Balaban J connectivity index is 3.45. The number of halogens is 2. The van der Waals surface area contributed by atoms with E-state index in [9.17, 15) is 8.42 Å². The van der Waals surface area contributed by atoms with Gasteiger partial charge in [0.2, 0.25) is 0 Å². The zero-order valence-corrected chi connectivity index (χ0v) is 9.87. The molecule has 0 unspecified atom stereocenters. The molecule has 0 aliphatic heterocycles. The van der Waals surface area contributed by atoms with Crippen LogP contribution >= 0.6 is 23.2 Å². The van der Waals surface area contributed by atoms with Gasteiger partial charge in [-0.15, -0.1) is 0 Å². The molecular formula is C8H8Cl2O3S. The van der Waals surface area contributed by atoms with Crippen LogP contribution in [0.15, 0.2) is 17.0 Å². The molecule has 0 spiro atoms. The maximum absolute atomic E-state index is 11.3. The quantitative estimate of drug-likeness (QED) is 0.763. The smallest absolute Gasteiger partial charge is 0.270 e. The van der Waals surface area contributed by atoms with E-state index in [-0.39, 0.29) is 9.92 Å². The molecule has 3 nitrogen and oxygen atoms in total. The van der Waals surface area contributed by atoms with Gasteiger partial charge in [0.05, 0.1) is 12.1 Å². The first-order valence-corrected chi connectivity index (χ1v) is 5.81. The van der Waals surface area contributed by atoms with Gasteiger partial charge in [0.25, 0.3) is 10.1 Å². The van der Waals surface area contributed by atoms with Crippen molar-refractivity contribution in [3.63, 3.8) is 0 Å². The molecule has 0 heterocycles. The minimum Gasteiger partial charge on any atom is -0.270 e. The molecule has 0 atom stereocenters. The number of rotatable bonds is 2. The molecule has 0 radical (unpaired) electrons. The summed E-state index contributed by atoms with van der Waals surface area (Å²) in [6, 6.07) is 2.76. The van der Waals surface area contributed by atoms with Crippen molar-refractivity contribution in [1.82, 2.24) is 0 Å². The van der Waals surface area contributed by atoms with Crippen LogP contribution in [-0.2, 0) is 14.3 Å². The molecule has 0 saturated heterocycles. The highest BCUT2D eigenvalue weighted by atomic mass is 35.5. The van der Waals surface area contributed by atoms with Crippen molar-refractivity contribution < 1.29 is 12.6 Å². The Morgan fingerprint density at radius 1 is 1.21 bits per heavy atom. The lowest BCUT2D eigenvalue weighted by molar-refractivity contribution is 0.398. The molecular weight excluding hydrogens is 247 g/mol. The van der Waals surface area contributed by atoms with Crippen LogP contribution in [0.4, 0.5) is 0 Å². The van der Waals surface area contributed by atoms with Gasteiger partial charge in [0, 0.05) is 5.02 Å². The Morgan fingerprint density at radius 2 is 1.79 bits per heavy atom. The van der Waals surface area contributed by atoms with E-state index in [2.05, 4.69) is 4.18 Å². The van der Waals surface area contributed by atoms with E-state index in [0.29, 0.717) is 10.6 Å². The van der Waals surface area contributed by atoms with Crippen LogP contribution in [0.5, 0.6) is 0 Å². The topological polar surface area (TPSA) is 43.4 Å². The number of benzene rings is 1. The summed E-state index contributed by atoms with van der Waals surface area (Å²) < 4.78 is 27.0. The average Bonchev–Trinajstić information content (AvgIpc) is 2.11. The zero-order valence-electron chi connectivity index (χ0n) is 7.54. The Morgan fingerprint density at radius 3 is 2.29 bits per heavy atom. The number of aryl methyl sites for hydroxylation is 1. The molecule has 0 aliphatic carbocycles. The van der Waals surface area contributed by atoms with Gasteiger partial charge in [-0.25, -0.2) is 0 Å². The van der Waals surface area contributed by atoms with Crippen molar-refractivity contribution in [1.29, 1.82) is 0 Å². The summed E-state index contributed by atoms with van der Waals surface area (Å²) in [7, 11) is -2.72. The molecule has 1 aromatic carbocycles. The maximum Gasteiger partial charge on any atom is 0.298 e. The van der Waals surface area contributed by atoms with Crippen molar-refractivity contribution >= 4 is 33.3 Å². The van der Waals surface area contributed by atoms with E-state index in [4.69, 9.17) is 23.2 Å². The highest BCUT2D eigenvalue weighted by Gasteiger charge is 2.18. The Kier molecular flexibility index (Phi) is 3.42. The molecule has 0 N–H and O–H groups in total. The summed E-state index contributed by atoms with van der Waals surface area (Å²) in [5.74, 6) is 0. The maximum atomic E-state index is 11.3. The summed E-state index contributed by atoms with van der Waals surface area (Å²) in [5.41, 5.74) is 0.715. The molecule has 1 aromatic rings. The van der Waals surface area contributed by atoms with Crippen molar-refractivity contribution in [2.75, 3.05) is 7.11 Å². The third-order valence-corrected chi connectivity index (χ3v) is 3.85. The lowest BCUT2D eigenvalue weighted by atomic mass is 10.2. The summed E-state index contributed by atoms with van der Waals surface area (Å²) in [6.07, 6.45) is 0. The van der Waals surface area contributed by atoms with Crippen molar-refractivity contribution in [2.24, 2.45) is 0 Å². The third kappa shape index (κ3) is 2.20. The van der Waals surface area contributed by atoms with E-state index in [1.165, 1.54) is 12.1 Å². The van der Waals surface area contributed by atoms with Crippen LogP contribution in [0.1, 0.15) is 5.56 Å². The lowest BCUT2D eigenvalue weighted by Gasteiger charge is -2.06. The van der Waals surface area contributed by atoms with Crippen molar-refractivity contribution in [3.05, 3.63) is 27.7 Å². The minimum absolute atomic E-state index is 0.105. The predicted octanol–water partition coefficient (Wildman–Crippen LogP) is 2.64. The molecule has 0 aliphatic rings. The first kappa shape index (κ1) is 11.8. The van der Waals surface area contributed by atoms with Crippen LogP contribution in [0.25, 0.3) is 0 Å². The fourth-order valence-electron chi connectivity index (χ4n) is 0.909. The van der Waals surface area contributed by atoms with E-state index in [1.807, 2.05) is 0 Å². The minimum atomic E-state index is -3.78. The third-order valence-electron chi connectivity index (χ3n) is 1.70. The van der Waals surface area contributed by atoms with Crippen LogP contribution in [0, 0.1) is 6.92 Å². The molecule has 0 bridgehead atoms. The van der Waals surface area contributed by atoms with Crippen molar-refractivity contribution in [2.45, 2.75) is 11.8 Å². The van der Waals surface area contributed by atoms with Gasteiger partial charge in [-0.05, 0) is 24.6 Å². The van der Waals surface area contributed by atoms with E-state index in [1.54, 1.807) is 6.92 Å². The Bertz CT molecular complexity index is 454. The van der Waals surface area contributed by atoms with Crippen LogP contribution in [0.3, 0.4) is 0 Å². The summed E-state index contributed by atoms with van der Waals surface area (Å²) in [4.78, 5) is -0.114. The van der Waals surface area contributed by atoms with Gasteiger partial charge in [-0.3, -0.25) is 4.18 Å². The van der Waals surface area contributed by atoms with E-state index in [0.717, 1.165) is 7.11 Å². The monoisotopic (exact) mass is 254 g/mol. The SMILES string of the molecule is COS(=O)(=O)c1cc(Cl)c(C)cc1Cl. The number of hydrogen-bond acceptors (Lipinski definition) is 3. The first-order valence-electron chi connectivity index (χ1n) is 3.65. The average molecular weight is 255 g/mol. The predicted molar refractivity (Wildman–Crippen MR) is 55.4 cm³/mol. The first-order chi connectivity index (χ1) is 6.38. The van der Waals surface area contributed by atoms with E-state index < -0.39 is 10.1 Å². The summed E-state index contributed by atoms with van der Waals surface area (Å²) >= 11 is 11.5. The van der Waals surface area contributed by atoms with E-state index >= 15 is 0 Å². The zero-order chi connectivity index (χ0) is 10.9. The van der Waals surface area contributed by atoms with Gasteiger partial charge >= 0.3 is 0 Å². The molecule has 0 amide bonds. The second kappa shape index (κ2) is 4.06. The molecule has 0 fully saturated rings. The van der Waals surface area contributed by atoms with Gasteiger partial charge in [0.1, 0.15) is 4.90 Å². The highest BCUT2D eigenvalue weighted by Crippen LogP contribution is 2.28. The van der Waals surface area contributed by atoms with Crippen molar-refractivity contribution in [3.8, 4) is 0 Å². The molecule has 0 saturated carbocycles. The summed E-state index contributed by atoms with van der Waals surface area (Å²) in [5, 5.41) is 0.443. The second-order valence-electron chi connectivity index (χ2n) is 2.65. The van der Waals surface area contributed by atoms with Crippen LogP contribution < -0.4 is 0 Å². The van der Waals surface area contributed by atoms with Gasteiger partial charge in [-0.1, -0.05) is 23.2 Å². The Hall–Kier alpha value is -0.290. The van der Waals surface area contributed by atoms with Gasteiger partial charge < -0.3 is 0 Å². The number of hydrogen-bond donors (Lipinski definition) is 0. The van der Waals surface area contributed by atoms with Crippen LogP contribution in [0.2, 0.25) is 10.0 Å². The molecule has 0 aromatic heterocycles. The van der Waals surface area contributed by atoms with Gasteiger partial charge in [-0.2, -0.15) is 8.42 Å². The normalized spacial score (nSPS) is 11.7. The molecule has 78 valence electrons. The second-order valence-corrected chi connectivity index (χ2v) is 5.15. The standard InChI is InChI=1S/C8H8Cl2O3S/c1-5-3-7(10)8(4-6(5)9)14(11,12)13-2/h3-4H,1-2H3. The van der Waals surface area contributed by atoms with Gasteiger partial charge in [0.15, 0.2) is 0 Å². The molecule has 1 rings (SSSR count). The highest BCUT2D eigenvalue weighted by molar-refractivity contribution is 7.86.